The van der Waals surface area contributed by atoms with Gasteiger partial charge in [-0.1, -0.05) is 25.0 Å². The van der Waals surface area contributed by atoms with Crippen molar-refractivity contribution in [3.05, 3.63) is 29.8 Å². The first kappa shape index (κ1) is 14.9. The fourth-order valence-corrected chi connectivity index (χ4v) is 2.85. The van der Waals surface area contributed by atoms with Gasteiger partial charge < -0.3 is 16.4 Å². The molecule has 1 fully saturated rings. The van der Waals surface area contributed by atoms with E-state index in [9.17, 15) is 4.79 Å². The Hall–Kier alpha value is -1.55. The van der Waals surface area contributed by atoms with Gasteiger partial charge in [0.05, 0.1) is 0 Å². The summed E-state index contributed by atoms with van der Waals surface area (Å²) in [5, 5.41) is 5.92. The first-order valence-corrected chi connectivity index (χ1v) is 7.49. The minimum Gasteiger partial charge on any atom is -0.335 e. The number of carbonyl (C=O) groups is 1. The number of nitrogens with two attached hydrogens (primary N) is 1. The second kappa shape index (κ2) is 6.75. The number of hydrogen-bond acceptors (Lipinski definition) is 2. The highest BCUT2D eigenvalue weighted by molar-refractivity contribution is 5.89. The molecule has 4 N–H and O–H groups in total. The van der Waals surface area contributed by atoms with E-state index in [0.29, 0.717) is 5.92 Å². The van der Waals surface area contributed by atoms with Gasteiger partial charge >= 0.3 is 6.03 Å². The molecule has 0 aliphatic heterocycles. The SMILES string of the molecule is CC(N)c1cccc(NC(=O)NC(C)C2CCCC2)c1. The average Bonchev–Trinajstić information content (AvgIpc) is 2.92. The maximum absolute atomic E-state index is 12.0. The average molecular weight is 275 g/mol. The zero-order chi connectivity index (χ0) is 14.5. The highest BCUT2D eigenvalue weighted by Gasteiger charge is 2.22. The first-order valence-electron chi connectivity index (χ1n) is 7.49. The van der Waals surface area contributed by atoms with E-state index in [1.807, 2.05) is 31.2 Å². The van der Waals surface area contributed by atoms with Crippen molar-refractivity contribution in [2.75, 3.05) is 5.32 Å². The van der Waals surface area contributed by atoms with Gasteiger partial charge in [-0.2, -0.15) is 0 Å². The molecule has 1 aliphatic carbocycles. The minimum atomic E-state index is -0.133. The molecule has 0 aromatic heterocycles. The molecule has 20 heavy (non-hydrogen) atoms. The standard InChI is InChI=1S/C16H25N3O/c1-11(17)14-8-5-9-15(10-14)19-16(20)18-12(2)13-6-3-4-7-13/h5,8-13H,3-4,6-7,17H2,1-2H3,(H2,18,19,20). The molecule has 0 saturated heterocycles. The molecule has 2 atom stereocenters. The minimum absolute atomic E-state index is 0.0303. The molecule has 0 radical (unpaired) electrons. The Morgan fingerprint density at radius 2 is 2.00 bits per heavy atom. The van der Waals surface area contributed by atoms with Crippen LogP contribution in [0.2, 0.25) is 0 Å². The van der Waals surface area contributed by atoms with Gasteiger partial charge in [0.1, 0.15) is 0 Å². The van der Waals surface area contributed by atoms with Crippen LogP contribution < -0.4 is 16.4 Å². The molecule has 1 aromatic carbocycles. The van der Waals surface area contributed by atoms with Crippen molar-refractivity contribution in [2.45, 2.75) is 51.6 Å². The van der Waals surface area contributed by atoms with E-state index in [-0.39, 0.29) is 18.1 Å². The highest BCUT2D eigenvalue weighted by Crippen LogP contribution is 2.27. The van der Waals surface area contributed by atoms with Crippen LogP contribution in [0.1, 0.15) is 51.1 Å². The number of hydrogen-bond donors (Lipinski definition) is 3. The van der Waals surface area contributed by atoms with Gasteiger partial charge in [-0.25, -0.2) is 4.79 Å². The summed E-state index contributed by atoms with van der Waals surface area (Å²) >= 11 is 0. The molecule has 110 valence electrons. The van der Waals surface area contributed by atoms with Crippen LogP contribution in [0.15, 0.2) is 24.3 Å². The van der Waals surface area contributed by atoms with Crippen LogP contribution in [0.25, 0.3) is 0 Å². The maximum Gasteiger partial charge on any atom is 0.319 e. The third kappa shape index (κ3) is 3.97. The predicted molar refractivity (Wildman–Crippen MR) is 82.6 cm³/mol. The van der Waals surface area contributed by atoms with Gasteiger partial charge in [-0.3, -0.25) is 0 Å². The van der Waals surface area contributed by atoms with E-state index in [1.54, 1.807) is 0 Å². The summed E-state index contributed by atoms with van der Waals surface area (Å²) in [5.74, 6) is 0.621. The van der Waals surface area contributed by atoms with E-state index < -0.39 is 0 Å². The smallest absolute Gasteiger partial charge is 0.319 e. The Kier molecular flexibility index (Phi) is 5.01. The maximum atomic E-state index is 12.0. The van der Waals surface area contributed by atoms with Gasteiger partial charge in [0.25, 0.3) is 0 Å². The Morgan fingerprint density at radius 3 is 2.65 bits per heavy atom. The molecule has 2 unspecified atom stereocenters. The molecule has 0 spiro atoms. The monoisotopic (exact) mass is 275 g/mol. The van der Waals surface area contributed by atoms with Gasteiger partial charge in [-0.05, 0) is 50.3 Å². The number of nitrogens with one attached hydrogen (secondary N) is 2. The Morgan fingerprint density at radius 1 is 1.30 bits per heavy atom. The summed E-state index contributed by atoms with van der Waals surface area (Å²) in [5.41, 5.74) is 7.66. The van der Waals surface area contributed by atoms with E-state index in [0.717, 1.165) is 11.3 Å². The second-order valence-corrected chi connectivity index (χ2v) is 5.85. The van der Waals surface area contributed by atoms with Crippen LogP contribution >= 0.6 is 0 Å². The normalized spacial score (nSPS) is 18.6. The zero-order valence-electron chi connectivity index (χ0n) is 12.4. The number of anilines is 1. The van der Waals surface area contributed by atoms with Crippen LogP contribution in [0.5, 0.6) is 0 Å². The number of amides is 2. The zero-order valence-corrected chi connectivity index (χ0v) is 12.4. The lowest BCUT2D eigenvalue weighted by Crippen LogP contribution is -2.39. The fraction of sp³-hybridized carbons (Fsp3) is 0.562. The van der Waals surface area contributed by atoms with Crippen molar-refractivity contribution in [3.63, 3.8) is 0 Å². The molecule has 1 aromatic rings. The summed E-state index contributed by atoms with van der Waals surface area (Å²) in [4.78, 5) is 12.0. The number of urea groups is 1. The van der Waals surface area contributed by atoms with Crippen molar-refractivity contribution in [1.29, 1.82) is 0 Å². The first-order chi connectivity index (χ1) is 9.56. The third-order valence-corrected chi connectivity index (χ3v) is 4.14. The molecular weight excluding hydrogens is 250 g/mol. The summed E-state index contributed by atoms with van der Waals surface area (Å²) in [6, 6.07) is 7.75. The second-order valence-electron chi connectivity index (χ2n) is 5.85. The molecule has 1 aliphatic rings. The van der Waals surface area contributed by atoms with E-state index in [4.69, 9.17) is 5.73 Å². The quantitative estimate of drug-likeness (QED) is 0.788. The predicted octanol–water partition coefficient (Wildman–Crippen LogP) is 3.41. The summed E-state index contributed by atoms with van der Waals surface area (Å²) in [6.07, 6.45) is 5.02. The molecule has 4 heteroatoms. The molecule has 0 heterocycles. The summed E-state index contributed by atoms with van der Waals surface area (Å²) < 4.78 is 0. The van der Waals surface area contributed by atoms with Crippen LogP contribution in [0, 0.1) is 5.92 Å². The van der Waals surface area contributed by atoms with Crippen molar-refractivity contribution in [2.24, 2.45) is 11.7 Å². The van der Waals surface area contributed by atoms with E-state index in [2.05, 4.69) is 17.6 Å². The highest BCUT2D eigenvalue weighted by atomic mass is 16.2. The van der Waals surface area contributed by atoms with Crippen molar-refractivity contribution < 1.29 is 4.79 Å². The molecule has 0 bridgehead atoms. The Balaban J connectivity index is 1.89. The lowest BCUT2D eigenvalue weighted by Gasteiger charge is -2.20. The van der Waals surface area contributed by atoms with E-state index >= 15 is 0 Å². The van der Waals surface area contributed by atoms with Crippen LogP contribution in [0.4, 0.5) is 10.5 Å². The van der Waals surface area contributed by atoms with Crippen molar-refractivity contribution in [1.82, 2.24) is 5.32 Å². The van der Waals surface area contributed by atoms with Crippen molar-refractivity contribution >= 4 is 11.7 Å². The number of carbonyl (C=O) groups excluding carboxylic acids is 1. The van der Waals surface area contributed by atoms with Crippen LogP contribution in [0.3, 0.4) is 0 Å². The fourth-order valence-electron chi connectivity index (χ4n) is 2.85. The summed E-state index contributed by atoms with van der Waals surface area (Å²) in [6.45, 7) is 4.02. The third-order valence-electron chi connectivity index (χ3n) is 4.14. The number of rotatable bonds is 4. The van der Waals surface area contributed by atoms with Gasteiger partial charge in [-0.15, -0.1) is 0 Å². The van der Waals surface area contributed by atoms with Crippen LogP contribution in [-0.4, -0.2) is 12.1 Å². The number of benzene rings is 1. The molecule has 4 nitrogen and oxygen atoms in total. The summed E-state index contributed by atoms with van der Waals surface area (Å²) in [7, 11) is 0. The molecule has 2 rings (SSSR count). The molecular formula is C16H25N3O. The topological polar surface area (TPSA) is 67.1 Å². The largest absolute Gasteiger partial charge is 0.335 e. The van der Waals surface area contributed by atoms with Crippen LogP contribution in [-0.2, 0) is 0 Å². The lowest BCUT2D eigenvalue weighted by molar-refractivity contribution is 0.244. The Bertz CT molecular complexity index is 453. The van der Waals surface area contributed by atoms with Gasteiger partial charge in [0.2, 0.25) is 0 Å². The molecule has 1 saturated carbocycles. The van der Waals surface area contributed by atoms with E-state index in [1.165, 1.54) is 25.7 Å². The Labute approximate surface area is 121 Å². The van der Waals surface area contributed by atoms with Gasteiger partial charge in [0, 0.05) is 17.8 Å². The lowest BCUT2D eigenvalue weighted by atomic mass is 10.0. The van der Waals surface area contributed by atoms with Gasteiger partial charge in [0.15, 0.2) is 0 Å². The molecule has 2 amide bonds. The van der Waals surface area contributed by atoms with Crippen molar-refractivity contribution in [3.8, 4) is 0 Å².